The third-order valence-electron chi connectivity index (χ3n) is 2.76. The highest BCUT2D eigenvalue weighted by molar-refractivity contribution is 7.08. The lowest BCUT2D eigenvalue weighted by atomic mass is 10.3. The predicted molar refractivity (Wildman–Crippen MR) is 80.2 cm³/mol. The van der Waals surface area contributed by atoms with Crippen molar-refractivity contribution in [3.63, 3.8) is 0 Å². The van der Waals surface area contributed by atoms with Gasteiger partial charge in [-0.05, 0) is 41.8 Å². The molecule has 2 heterocycles. The molecule has 5 nitrogen and oxygen atoms in total. The van der Waals surface area contributed by atoms with Crippen LogP contribution < -0.4 is 11.1 Å². The number of carbonyl (C=O) groups excluding carboxylic acids is 1. The molecule has 20 heavy (non-hydrogen) atoms. The van der Waals surface area contributed by atoms with Gasteiger partial charge in [-0.2, -0.15) is 16.4 Å². The van der Waals surface area contributed by atoms with Crippen LogP contribution in [0.25, 0.3) is 5.69 Å². The van der Waals surface area contributed by atoms with Crippen molar-refractivity contribution in [3.8, 4) is 5.69 Å². The van der Waals surface area contributed by atoms with Gasteiger partial charge in [-0.3, -0.25) is 4.79 Å². The summed E-state index contributed by atoms with van der Waals surface area (Å²) < 4.78 is 1.64. The summed E-state index contributed by atoms with van der Waals surface area (Å²) in [4.78, 5) is 12.0. The standard InChI is InChI=1S/C14H12N4OS/c15-10-1-3-12(4-2-10)18-7-5-13(17-18)14(19)16-11-6-8-20-9-11/h1-9H,15H2,(H,16,19). The maximum absolute atomic E-state index is 12.0. The molecule has 1 aromatic carbocycles. The number of nitrogens with zero attached hydrogens (tertiary/aromatic N) is 2. The molecule has 0 bridgehead atoms. The Labute approximate surface area is 119 Å². The van der Waals surface area contributed by atoms with Gasteiger partial charge in [-0.1, -0.05) is 0 Å². The van der Waals surface area contributed by atoms with Crippen molar-refractivity contribution in [2.75, 3.05) is 11.1 Å². The third kappa shape index (κ3) is 2.55. The summed E-state index contributed by atoms with van der Waals surface area (Å²) in [6.07, 6.45) is 1.74. The van der Waals surface area contributed by atoms with E-state index in [0.29, 0.717) is 11.4 Å². The molecule has 3 rings (SSSR count). The molecule has 0 fully saturated rings. The summed E-state index contributed by atoms with van der Waals surface area (Å²) in [5.41, 5.74) is 8.34. The number of thiophene rings is 1. The minimum atomic E-state index is -0.224. The molecule has 0 spiro atoms. The van der Waals surface area contributed by atoms with Gasteiger partial charge in [0.05, 0.1) is 11.4 Å². The molecule has 6 heteroatoms. The highest BCUT2D eigenvalue weighted by Crippen LogP contribution is 2.14. The van der Waals surface area contributed by atoms with Crippen molar-refractivity contribution >= 4 is 28.6 Å². The van der Waals surface area contributed by atoms with Crippen LogP contribution in [0.4, 0.5) is 11.4 Å². The van der Waals surface area contributed by atoms with Gasteiger partial charge in [-0.15, -0.1) is 0 Å². The van der Waals surface area contributed by atoms with Crippen molar-refractivity contribution in [2.24, 2.45) is 0 Å². The van der Waals surface area contributed by atoms with E-state index in [-0.39, 0.29) is 5.91 Å². The van der Waals surface area contributed by atoms with Gasteiger partial charge in [0.25, 0.3) is 5.91 Å². The van der Waals surface area contributed by atoms with Gasteiger partial charge in [0.2, 0.25) is 0 Å². The van der Waals surface area contributed by atoms with Crippen LogP contribution in [0.2, 0.25) is 0 Å². The first-order chi connectivity index (χ1) is 9.72. The van der Waals surface area contributed by atoms with E-state index in [9.17, 15) is 4.79 Å². The van der Waals surface area contributed by atoms with Gasteiger partial charge < -0.3 is 11.1 Å². The first kappa shape index (κ1) is 12.4. The minimum absolute atomic E-state index is 0.224. The first-order valence-electron chi connectivity index (χ1n) is 5.97. The van der Waals surface area contributed by atoms with E-state index in [1.54, 1.807) is 29.1 Å². The summed E-state index contributed by atoms with van der Waals surface area (Å²) >= 11 is 1.53. The lowest BCUT2D eigenvalue weighted by molar-refractivity contribution is 0.102. The van der Waals surface area contributed by atoms with E-state index < -0.39 is 0 Å². The maximum Gasteiger partial charge on any atom is 0.276 e. The molecule has 3 N–H and O–H groups in total. The number of nitrogens with two attached hydrogens (primary N) is 1. The number of hydrogen-bond donors (Lipinski definition) is 2. The topological polar surface area (TPSA) is 72.9 Å². The molecule has 0 aliphatic carbocycles. The van der Waals surface area contributed by atoms with Gasteiger partial charge in [0.15, 0.2) is 5.69 Å². The van der Waals surface area contributed by atoms with E-state index in [0.717, 1.165) is 11.4 Å². The number of anilines is 2. The van der Waals surface area contributed by atoms with E-state index in [2.05, 4.69) is 10.4 Å². The van der Waals surface area contributed by atoms with Gasteiger partial charge >= 0.3 is 0 Å². The zero-order valence-electron chi connectivity index (χ0n) is 10.5. The summed E-state index contributed by atoms with van der Waals surface area (Å²) in [7, 11) is 0. The monoisotopic (exact) mass is 284 g/mol. The van der Waals surface area contributed by atoms with Crippen molar-refractivity contribution in [2.45, 2.75) is 0 Å². The minimum Gasteiger partial charge on any atom is -0.399 e. The third-order valence-corrected chi connectivity index (χ3v) is 3.44. The second-order valence-corrected chi connectivity index (χ2v) is 4.98. The maximum atomic E-state index is 12.0. The molecule has 0 atom stereocenters. The van der Waals surface area contributed by atoms with Crippen LogP contribution in [0.15, 0.2) is 53.4 Å². The molecule has 0 saturated heterocycles. The number of benzene rings is 1. The second-order valence-electron chi connectivity index (χ2n) is 4.20. The lowest BCUT2D eigenvalue weighted by Crippen LogP contribution is -2.12. The zero-order valence-corrected chi connectivity index (χ0v) is 11.3. The first-order valence-corrected chi connectivity index (χ1v) is 6.92. The van der Waals surface area contributed by atoms with Crippen LogP contribution in [0.1, 0.15) is 10.5 Å². The average Bonchev–Trinajstić information content (AvgIpc) is 3.10. The Balaban J connectivity index is 1.79. The molecule has 2 aromatic heterocycles. The smallest absolute Gasteiger partial charge is 0.276 e. The van der Waals surface area contributed by atoms with E-state index >= 15 is 0 Å². The molecule has 0 unspecified atom stereocenters. The Kier molecular flexibility index (Phi) is 3.22. The Morgan fingerprint density at radius 3 is 2.70 bits per heavy atom. The Morgan fingerprint density at radius 2 is 2.00 bits per heavy atom. The van der Waals surface area contributed by atoms with Crippen LogP contribution in [0.5, 0.6) is 0 Å². The fraction of sp³-hybridized carbons (Fsp3) is 0. The van der Waals surface area contributed by atoms with Crippen molar-refractivity contribution in [3.05, 3.63) is 59.0 Å². The highest BCUT2D eigenvalue weighted by Gasteiger charge is 2.10. The number of amides is 1. The molecular weight excluding hydrogens is 272 g/mol. The lowest BCUT2D eigenvalue weighted by Gasteiger charge is -2.02. The van der Waals surface area contributed by atoms with Gasteiger partial charge in [0.1, 0.15) is 0 Å². The summed E-state index contributed by atoms with van der Waals surface area (Å²) in [6, 6.07) is 10.8. The molecule has 0 aliphatic heterocycles. The number of carbonyl (C=O) groups is 1. The molecule has 0 aliphatic rings. The highest BCUT2D eigenvalue weighted by atomic mass is 32.1. The van der Waals surface area contributed by atoms with Crippen LogP contribution in [-0.4, -0.2) is 15.7 Å². The van der Waals surface area contributed by atoms with Crippen molar-refractivity contribution < 1.29 is 4.79 Å². The number of rotatable bonds is 3. The second kappa shape index (κ2) is 5.18. The van der Waals surface area contributed by atoms with Gasteiger partial charge in [-0.25, -0.2) is 4.68 Å². The number of nitrogen functional groups attached to an aromatic ring is 1. The van der Waals surface area contributed by atoms with Crippen LogP contribution in [-0.2, 0) is 0 Å². The van der Waals surface area contributed by atoms with Crippen LogP contribution >= 0.6 is 11.3 Å². The quantitative estimate of drug-likeness (QED) is 0.726. The fourth-order valence-corrected chi connectivity index (χ4v) is 2.33. The Hall–Kier alpha value is -2.60. The number of hydrogen-bond acceptors (Lipinski definition) is 4. The fourth-order valence-electron chi connectivity index (χ4n) is 1.75. The van der Waals surface area contributed by atoms with Crippen molar-refractivity contribution in [1.29, 1.82) is 0 Å². The number of aromatic nitrogens is 2. The Bertz CT molecular complexity index is 716. The zero-order chi connectivity index (χ0) is 13.9. The largest absolute Gasteiger partial charge is 0.399 e. The average molecular weight is 284 g/mol. The SMILES string of the molecule is Nc1ccc(-n2ccc(C(=O)Nc3ccsc3)n2)cc1. The molecule has 3 aromatic rings. The van der Waals surface area contributed by atoms with Crippen molar-refractivity contribution in [1.82, 2.24) is 9.78 Å². The molecule has 0 radical (unpaired) electrons. The van der Waals surface area contributed by atoms with E-state index in [4.69, 9.17) is 5.73 Å². The summed E-state index contributed by atoms with van der Waals surface area (Å²) in [5.74, 6) is -0.224. The van der Waals surface area contributed by atoms with Crippen LogP contribution in [0.3, 0.4) is 0 Å². The van der Waals surface area contributed by atoms with Gasteiger partial charge in [0, 0.05) is 17.3 Å². The summed E-state index contributed by atoms with van der Waals surface area (Å²) in [5, 5.41) is 10.8. The van der Waals surface area contributed by atoms with Crippen LogP contribution in [0, 0.1) is 0 Å². The molecule has 100 valence electrons. The Morgan fingerprint density at radius 1 is 1.20 bits per heavy atom. The van der Waals surface area contributed by atoms with E-state index in [1.807, 2.05) is 29.0 Å². The molecule has 1 amide bonds. The normalized spacial score (nSPS) is 10.4. The summed E-state index contributed by atoms with van der Waals surface area (Å²) in [6.45, 7) is 0. The molecular formula is C14H12N4OS. The molecule has 0 saturated carbocycles. The number of nitrogens with one attached hydrogen (secondary N) is 1. The predicted octanol–water partition coefficient (Wildman–Crippen LogP) is 2.77. The van der Waals surface area contributed by atoms with E-state index in [1.165, 1.54) is 11.3 Å².